The number of hydrogen-bond acceptors (Lipinski definition) is 3. The zero-order valence-electron chi connectivity index (χ0n) is 14.2. The Hall–Kier alpha value is -2.57. The molecule has 0 saturated carbocycles. The first-order valence-electron chi connectivity index (χ1n) is 8.32. The highest BCUT2D eigenvalue weighted by molar-refractivity contribution is 6.36. The van der Waals surface area contributed by atoms with Crippen molar-refractivity contribution >= 4 is 52.3 Å². The number of halogens is 2. The summed E-state index contributed by atoms with van der Waals surface area (Å²) in [7, 11) is 0. The molecule has 8 heteroatoms. The number of para-hydroxylation sites is 1. The molecule has 1 aliphatic rings. The number of anilines is 2. The minimum atomic E-state index is -0.496. The Morgan fingerprint density at radius 1 is 1.11 bits per heavy atom. The third kappa shape index (κ3) is 4.78. The van der Waals surface area contributed by atoms with Crippen molar-refractivity contribution in [2.24, 2.45) is 5.92 Å². The van der Waals surface area contributed by atoms with Gasteiger partial charge in [-0.25, -0.2) is 0 Å². The zero-order valence-corrected chi connectivity index (χ0v) is 15.8. The van der Waals surface area contributed by atoms with Crippen LogP contribution in [-0.2, 0) is 14.4 Å². The van der Waals surface area contributed by atoms with Crippen LogP contribution < -0.4 is 15.5 Å². The van der Waals surface area contributed by atoms with Gasteiger partial charge in [0.25, 0.3) is 0 Å². The van der Waals surface area contributed by atoms with E-state index in [2.05, 4.69) is 10.6 Å². The van der Waals surface area contributed by atoms with E-state index in [4.69, 9.17) is 23.2 Å². The van der Waals surface area contributed by atoms with Crippen molar-refractivity contribution in [2.45, 2.75) is 6.42 Å². The van der Waals surface area contributed by atoms with Crippen LogP contribution in [0.1, 0.15) is 6.42 Å². The lowest BCUT2D eigenvalue weighted by Crippen LogP contribution is -2.37. The van der Waals surface area contributed by atoms with E-state index in [1.54, 1.807) is 17.0 Å². The number of nitrogens with zero attached hydrogens (tertiary/aromatic N) is 1. The van der Waals surface area contributed by atoms with Gasteiger partial charge in [-0.1, -0.05) is 41.4 Å². The first kappa shape index (κ1) is 19.2. The van der Waals surface area contributed by atoms with Crippen LogP contribution in [0, 0.1) is 5.92 Å². The highest BCUT2D eigenvalue weighted by atomic mass is 35.5. The van der Waals surface area contributed by atoms with Gasteiger partial charge >= 0.3 is 0 Å². The maximum atomic E-state index is 12.3. The Morgan fingerprint density at radius 2 is 1.85 bits per heavy atom. The van der Waals surface area contributed by atoms with Crippen molar-refractivity contribution < 1.29 is 14.4 Å². The molecule has 0 bridgehead atoms. The number of carbonyl (C=O) groups excluding carboxylic acids is 3. The number of amides is 3. The van der Waals surface area contributed by atoms with Crippen LogP contribution >= 0.6 is 23.2 Å². The third-order valence-electron chi connectivity index (χ3n) is 4.19. The molecule has 1 aliphatic heterocycles. The van der Waals surface area contributed by atoms with Gasteiger partial charge in [-0.05, 0) is 30.3 Å². The quantitative estimate of drug-likeness (QED) is 0.801. The molecule has 3 amide bonds. The molecule has 2 aromatic rings. The number of rotatable bonds is 5. The van der Waals surface area contributed by atoms with E-state index in [0.29, 0.717) is 22.3 Å². The summed E-state index contributed by atoms with van der Waals surface area (Å²) in [5.74, 6) is -1.36. The van der Waals surface area contributed by atoms with Crippen molar-refractivity contribution in [3.8, 4) is 0 Å². The summed E-state index contributed by atoms with van der Waals surface area (Å²) in [6, 6.07) is 13.9. The van der Waals surface area contributed by atoms with Gasteiger partial charge < -0.3 is 15.5 Å². The maximum absolute atomic E-state index is 12.3. The number of benzene rings is 2. The Kier molecular flexibility index (Phi) is 5.98. The van der Waals surface area contributed by atoms with E-state index in [1.165, 1.54) is 6.07 Å². The normalized spacial score (nSPS) is 16.3. The summed E-state index contributed by atoms with van der Waals surface area (Å²) in [6.45, 7) is 0.0765. The first-order chi connectivity index (χ1) is 12.9. The molecule has 27 heavy (non-hydrogen) atoms. The molecular formula is C19H17Cl2N3O3. The van der Waals surface area contributed by atoms with Crippen LogP contribution in [-0.4, -0.2) is 30.8 Å². The van der Waals surface area contributed by atoms with Gasteiger partial charge in [-0.3, -0.25) is 14.4 Å². The van der Waals surface area contributed by atoms with Crippen molar-refractivity contribution in [3.05, 3.63) is 58.6 Å². The van der Waals surface area contributed by atoms with E-state index < -0.39 is 11.8 Å². The van der Waals surface area contributed by atoms with Crippen LogP contribution in [0.25, 0.3) is 0 Å². The van der Waals surface area contributed by atoms with Gasteiger partial charge in [-0.15, -0.1) is 0 Å². The Bertz CT molecular complexity index is 874. The predicted molar refractivity (Wildman–Crippen MR) is 105 cm³/mol. The van der Waals surface area contributed by atoms with Crippen LogP contribution in [0.4, 0.5) is 11.4 Å². The molecule has 140 valence electrons. The highest BCUT2D eigenvalue weighted by Gasteiger charge is 2.35. The summed E-state index contributed by atoms with van der Waals surface area (Å²) >= 11 is 11.8. The lowest BCUT2D eigenvalue weighted by molar-refractivity contribution is -0.127. The van der Waals surface area contributed by atoms with Gasteiger partial charge in [0, 0.05) is 23.7 Å². The molecule has 2 N–H and O–H groups in total. The Morgan fingerprint density at radius 3 is 2.56 bits per heavy atom. The SMILES string of the molecule is O=C(CNC(=O)[C@H]1CC(=O)N(c2ccccc2)C1)Nc1ccc(Cl)cc1Cl. The second-order valence-corrected chi connectivity index (χ2v) is 6.97. The molecule has 0 unspecified atom stereocenters. The van der Waals surface area contributed by atoms with E-state index in [1.807, 2.05) is 30.3 Å². The lowest BCUT2D eigenvalue weighted by atomic mass is 10.1. The fourth-order valence-corrected chi connectivity index (χ4v) is 3.29. The second kappa shape index (κ2) is 8.41. The molecule has 1 saturated heterocycles. The smallest absolute Gasteiger partial charge is 0.243 e. The molecule has 0 aromatic heterocycles. The summed E-state index contributed by atoms with van der Waals surface area (Å²) < 4.78 is 0. The lowest BCUT2D eigenvalue weighted by Gasteiger charge is -2.16. The van der Waals surface area contributed by atoms with Crippen LogP contribution in [0.3, 0.4) is 0 Å². The minimum Gasteiger partial charge on any atom is -0.347 e. The zero-order chi connectivity index (χ0) is 19.4. The van der Waals surface area contributed by atoms with E-state index in [9.17, 15) is 14.4 Å². The predicted octanol–water partition coefficient (Wildman–Crippen LogP) is 3.10. The molecular weight excluding hydrogens is 389 g/mol. The molecule has 3 rings (SSSR count). The largest absolute Gasteiger partial charge is 0.347 e. The van der Waals surface area contributed by atoms with Crippen molar-refractivity contribution in [1.29, 1.82) is 0 Å². The Labute approximate surface area is 166 Å². The molecule has 0 spiro atoms. The van der Waals surface area contributed by atoms with Gasteiger partial charge in [0.15, 0.2) is 0 Å². The van der Waals surface area contributed by atoms with Gasteiger partial charge in [0.2, 0.25) is 17.7 Å². The van der Waals surface area contributed by atoms with Gasteiger partial charge in [0.05, 0.1) is 23.2 Å². The second-order valence-electron chi connectivity index (χ2n) is 6.13. The molecule has 6 nitrogen and oxygen atoms in total. The number of carbonyl (C=O) groups is 3. The molecule has 0 aliphatic carbocycles. The minimum absolute atomic E-state index is 0.112. The van der Waals surface area contributed by atoms with Gasteiger partial charge in [0.1, 0.15) is 0 Å². The van der Waals surface area contributed by atoms with Crippen LogP contribution in [0.5, 0.6) is 0 Å². The fourth-order valence-electron chi connectivity index (χ4n) is 2.84. The summed E-state index contributed by atoms with van der Waals surface area (Å²) in [5.41, 5.74) is 1.17. The molecule has 0 radical (unpaired) electrons. The summed E-state index contributed by atoms with van der Waals surface area (Å²) in [5, 5.41) is 5.94. The highest BCUT2D eigenvalue weighted by Crippen LogP contribution is 2.26. The van der Waals surface area contributed by atoms with Gasteiger partial charge in [-0.2, -0.15) is 0 Å². The average molecular weight is 406 g/mol. The Balaban J connectivity index is 1.52. The topological polar surface area (TPSA) is 78.5 Å². The standard InChI is InChI=1S/C19H17Cl2N3O3/c20-13-6-7-16(15(21)9-13)23-17(25)10-22-19(27)12-8-18(26)24(11-12)14-4-2-1-3-5-14/h1-7,9,12H,8,10-11H2,(H,22,27)(H,23,25)/t12-/m0/s1. The van der Waals surface area contributed by atoms with Crippen LogP contribution in [0.2, 0.25) is 10.0 Å². The average Bonchev–Trinajstić information content (AvgIpc) is 3.04. The van der Waals surface area contributed by atoms with E-state index >= 15 is 0 Å². The van der Waals surface area contributed by atoms with E-state index in [0.717, 1.165) is 5.69 Å². The van der Waals surface area contributed by atoms with Crippen LogP contribution in [0.15, 0.2) is 48.5 Å². The number of hydrogen-bond donors (Lipinski definition) is 2. The van der Waals surface area contributed by atoms with Crippen molar-refractivity contribution in [1.82, 2.24) is 5.32 Å². The molecule has 1 fully saturated rings. The summed E-state index contributed by atoms with van der Waals surface area (Å²) in [6.07, 6.45) is 0.116. The molecule has 1 atom stereocenters. The van der Waals surface area contributed by atoms with Crippen molar-refractivity contribution in [3.63, 3.8) is 0 Å². The fraction of sp³-hybridized carbons (Fsp3) is 0.211. The monoisotopic (exact) mass is 405 g/mol. The summed E-state index contributed by atoms with van der Waals surface area (Å²) in [4.78, 5) is 38.1. The van der Waals surface area contributed by atoms with Crippen molar-refractivity contribution in [2.75, 3.05) is 23.3 Å². The molecule has 1 heterocycles. The number of nitrogens with one attached hydrogen (secondary N) is 2. The van der Waals surface area contributed by atoms with E-state index in [-0.39, 0.29) is 24.8 Å². The third-order valence-corrected chi connectivity index (χ3v) is 4.74. The maximum Gasteiger partial charge on any atom is 0.243 e. The molecule has 2 aromatic carbocycles. The first-order valence-corrected chi connectivity index (χ1v) is 9.07.